The first-order valence-corrected chi connectivity index (χ1v) is 7.99. The van der Waals surface area contributed by atoms with Gasteiger partial charge in [0.25, 0.3) is 0 Å². The van der Waals surface area contributed by atoms with Crippen LogP contribution in [0.5, 0.6) is 5.75 Å². The van der Waals surface area contributed by atoms with E-state index < -0.39 is 6.10 Å². The lowest BCUT2D eigenvalue weighted by atomic mass is 9.98. The number of aliphatic hydroxyl groups excluding tert-OH is 1. The Morgan fingerprint density at radius 1 is 1.41 bits per heavy atom. The second-order valence-electron chi connectivity index (χ2n) is 6.04. The third-order valence-electron chi connectivity index (χ3n) is 3.77. The molecule has 1 amide bonds. The van der Waals surface area contributed by atoms with Gasteiger partial charge in [-0.3, -0.25) is 4.79 Å². The van der Waals surface area contributed by atoms with Gasteiger partial charge in [0.05, 0.1) is 18.1 Å². The lowest BCUT2D eigenvalue weighted by Crippen LogP contribution is -2.41. The summed E-state index contributed by atoms with van der Waals surface area (Å²) in [5, 5.41) is 16.2. The second-order valence-corrected chi connectivity index (χ2v) is 6.04. The molecule has 122 valence electrons. The molecule has 1 saturated heterocycles. The molecule has 1 fully saturated rings. The molecule has 0 spiro atoms. The van der Waals surface area contributed by atoms with Crippen molar-refractivity contribution in [2.24, 2.45) is 5.92 Å². The zero-order valence-electron chi connectivity index (χ0n) is 13.3. The van der Waals surface area contributed by atoms with Crippen molar-refractivity contribution in [3.63, 3.8) is 0 Å². The van der Waals surface area contributed by atoms with Gasteiger partial charge in [-0.05, 0) is 50.9 Å². The van der Waals surface area contributed by atoms with Gasteiger partial charge in [0.15, 0.2) is 0 Å². The summed E-state index contributed by atoms with van der Waals surface area (Å²) in [4.78, 5) is 12.0. The summed E-state index contributed by atoms with van der Waals surface area (Å²) in [6.07, 6.45) is 1.36. The smallest absolute Gasteiger partial charge is 0.224 e. The lowest BCUT2D eigenvalue weighted by Gasteiger charge is -2.22. The van der Waals surface area contributed by atoms with E-state index in [1.54, 1.807) is 0 Å². The third-order valence-corrected chi connectivity index (χ3v) is 3.77. The van der Waals surface area contributed by atoms with Crippen LogP contribution in [0.15, 0.2) is 24.3 Å². The minimum Gasteiger partial charge on any atom is -0.491 e. The second kappa shape index (κ2) is 8.15. The van der Waals surface area contributed by atoms with E-state index in [4.69, 9.17) is 4.74 Å². The molecule has 2 atom stereocenters. The highest BCUT2D eigenvalue weighted by Crippen LogP contribution is 2.18. The Hall–Kier alpha value is -1.59. The highest BCUT2D eigenvalue weighted by molar-refractivity contribution is 5.79. The van der Waals surface area contributed by atoms with E-state index in [0.29, 0.717) is 0 Å². The number of benzene rings is 1. The molecule has 0 aliphatic carbocycles. The first-order valence-electron chi connectivity index (χ1n) is 7.99. The molecular weight excluding hydrogens is 280 g/mol. The third kappa shape index (κ3) is 5.00. The number of ether oxygens (including phenoxy) is 1. The zero-order chi connectivity index (χ0) is 15.9. The van der Waals surface area contributed by atoms with Crippen LogP contribution < -0.4 is 15.4 Å². The van der Waals surface area contributed by atoms with Crippen LogP contribution in [-0.2, 0) is 4.79 Å². The molecule has 1 aliphatic rings. The minimum absolute atomic E-state index is 0.0165. The molecule has 1 aromatic carbocycles. The lowest BCUT2D eigenvalue weighted by molar-refractivity contribution is -0.125. The monoisotopic (exact) mass is 306 g/mol. The van der Waals surface area contributed by atoms with E-state index >= 15 is 0 Å². The number of carbonyl (C=O) groups is 1. The summed E-state index contributed by atoms with van der Waals surface area (Å²) in [6, 6.07) is 7.34. The standard InChI is InChI=1S/C17H26N2O3/c1-12(2)22-15-7-5-13(6-8-15)16(20)11-19-17(21)14-4-3-9-18-10-14/h5-8,12,14,16,18,20H,3-4,9-11H2,1-2H3,(H,19,21). The Morgan fingerprint density at radius 3 is 2.73 bits per heavy atom. The fourth-order valence-electron chi connectivity index (χ4n) is 2.58. The van der Waals surface area contributed by atoms with Gasteiger partial charge < -0.3 is 20.5 Å². The Balaban J connectivity index is 1.81. The summed E-state index contributed by atoms with van der Waals surface area (Å²) in [5.74, 6) is 0.817. The number of nitrogens with one attached hydrogen (secondary N) is 2. The Labute approximate surface area is 132 Å². The van der Waals surface area contributed by atoms with Crippen molar-refractivity contribution in [2.75, 3.05) is 19.6 Å². The largest absolute Gasteiger partial charge is 0.491 e. The molecule has 1 aliphatic heterocycles. The predicted octanol–water partition coefficient (Wildman–Crippen LogP) is 1.62. The highest BCUT2D eigenvalue weighted by atomic mass is 16.5. The van der Waals surface area contributed by atoms with Gasteiger partial charge >= 0.3 is 0 Å². The first-order chi connectivity index (χ1) is 10.6. The van der Waals surface area contributed by atoms with Crippen LogP contribution in [-0.4, -0.2) is 36.8 Å². The number of amides is 1. The molecule has 5 heteroatoms. The van der Waals surface area contributed by atoms with Crippen LogP contribution in [0.25, 0.3) is 0 Å². The van der Waals surface area contributed by atoms with Crippen molar-refractivity contribution in [3.8, 4) is 5.75 Å². The topological polar surface area (TPSA) is 70.6 Å². The van der Waals surface area contributed by atoms with Crippen molar-refractivity contribution < 1.29 is 14.6 Å². The maximum absolute atomic E-state index is 12.0. The van der Waals surface area contributed by atoms with E-state index in [0.717, 1.165) is 37.2 Å². The molecule has 0 radical (unpaired) electrons. The molecule has 0 bridgehead atoms. The minimum atomic E-state index is -0.700. The molecule has 0 aromatic heterocycles. The van der Waals surface area contributed by atoms with Crippen molar-refractivity contribution in [2.45, 2.75) is 38.9 Å². The van der Waals surface area contributed by atoms with Gasteiger partial charge in [-0.1, -0.05) is 12.1 Å². The van der Waals surface area contributed by atoms with Crippen LogP contribution in [0.1, 0.15) is 38.4 Å². The number of hydrogen-bond acceptors (Lipinski definition) is 4. The van der Waals surface area contributed by atoms with Gasteiger partial charge in [-0.15, -0.1) is 0 Å². The number of piperidine rings is 1. The van der Waals surface area contributed by atoms with Gasteiger partial charge in [-0.2, -0.15) is 0 Å². The van der Waals surface area contributed by atoms with E-state index in [2.05, 4.69) is 10.6 Å². The zero-order valence-corrected chi connectivity index (χ0v) is 13.3. The van der Waals surface area contributed by atoms with Crippen molar-refractivity contribution in [1.29, 1.82) is 0 Å². The average Bonchev–Trinajstić information content (AvgIpc) is 2.53. The number of hydrogen-bond donors (Lipinski definition) is 3. The molecule has 3 N–H and O–H groups in total. The van der Waals surface area contributed by atoms with E-state index in [1.165, 1.54) is 0 Å². The quantitative estimate of drug-likeness (QED) is 0.747. The molecule has 1 aromatic rings. The highest BCUT2D eigenvalue weighted by Gasteiger charge is 2.21. The fourth-order valence-corrected chi connectivity index (χ4v) is 2.58. The normalized spacial score (nSPS) is 19.7. The van der Waals surface area contributed by atoms with Crippen molar-refractivity contribution in [3.05, 3.63) is 29.8 Å². The van der Waals surface area contributed by atoms with Gasteiger partial charge in [0, 0.05) is 13.1 Å². The summed E-state index contributed by atoms with van der Waals surface area (Å²) in [5.41, 5.74) is 0.776. The SMILES string of the molecule is CC(C)Oc1ccc(C(O)CNC(=O)C2CCCNC2)cc1. The Kier molecular flexibility index (Phi) is 6.21. The average molecular weight is 306 g/mol. The number of aliphatic hydroxyl groups is 1. The molecule has 1 heterocycles. The van der Waals surface area contributed by atoms with Crippen LogP contribution >= 0.6 is 0 Å². The van der Waals surface area contributed by atoms with Crippen molar-refractivity contribution >= 4 is 5.91 Å². The maximum Gasteiger partial charge on any atom is 0.224 e. The predicted molar refractivity (Wildman–Crippen MR) is 85.8 cm³/mol. The fraction of sp³-hybridized carbons (Fsp3) is 0.588. The summed E-state index contributed by atoms with van der Waals surface area (Å²) in [6.45, 7) is 5.89. The summed E-state index contributed by atoms with van der Waals surface area (Å²) in [7, 11) is 0. The van der Waals surface area contributed by atoms with Crippen LogP contribution in [0, 0.1) is 5.92 Å². The number of carbonyl (C=O) groups excluding carboxylic acids is 1. The molecule has 5 nitrogen and oxygen atoms in total. The van der Waals surface area contributed by atoms with Gasteiger partial charge in [0.2, 0.25) is 5.91 Å². The van der Waals surface area contributed by atoms with Crippen LogP contribution in [0.2, 0.25) is 0 Å². The van der Waals surface area contributed by atoms with Crippen LogP contribution in [0.3, 0.4) is 0 Å². The first kappa shape index (κ1) is 16.8. The molecular formula is C17H26N2O3. The van der Waals surface area contributed by atoms with Crippen molar-refractivity contribution in [1.82, 2.24) is 10.6 Å². The van der Waals surface area contributed by atoms with E-state index in [1.807, 2.05) is 38.1 Å². The summed E-state index contributed by atoms with van der Waals surface area (Å²) < 4.78 is 5.57. The Bertz CT molecular complexity index is 467. The van der Waals surface area contributed by atoms with Crippen LogP contribution in [0.4, 0.5) is 0 Å². The van der Waals surface area contributed by atoms with E-state index in [-0.39, 0.29) is 24.5 Å². The Morgan fingerprint density at radius 2 is 2.14 bits per heavy atom. The van der Waals surface area contributed by atoms with Gasteiger partial charge in [0.1, 0.15) is 5.75 Å². The molecule has 0 saturated carbocycles. The molecule has 2 rings (SSSR count). The van der Waals surface area contributed by atoms with E-state index in [9.17, 15) is 9.90 Å². The molecule has 22 heavy (non-hydrogen) atoms. The number of rotatable bonds is 6. The van der Waals surface area contributed by atoms with Gasteiger partial charge in [-0.25, -0.2) is 0 Å². The maximum atomic E-state index is 12.0. The molecule has 2 unspecified atom stereocenters. The summed E-state index contributed by atoms with van der Waals surface area (Å²) >= 11 is 0.